The molecule has 0 aromatic heterocycles. The van der Waals surface area contributed by atoms with E-state index in [9.17, 15) is 0 Å². The third-order valence-corrected chi connectivity index (χ3v) is 2.02. The van der Waals surface area contributed by atoms with E-state index in [1.54, 1.807) is 0 Å². The van der Waals surface area contributed by atoms with Crippen molar-refractivity contribution in [1.82, 2.24) is 0 Å². The first kappa shape index (κ1) is 11.2. The molecule has 2 rings (SSSR count). The summed E-state index contributed by atoms with van der Waals surface area (Å²) in [5.74, 6) is 0. The number of aliphatic hydroxyl groups is 2. The van der Waals surface area contributed by atoms with Gasteiger partial charge in [-0.1, -0.05) is 0 Å². The van der Waals surface area contributed by atoms with Gasteiger partial charge in [0.15, 0.2) is 6.29 Å². The normalized spacial score (nSPS) is 39.9. The molecule has 0 aromatic rings. The quantitative estimate of drug-likeness (QED) is 0.406. The van der Waals surface area contributed by atoms with E-state index < -0.39 is 18.5 Å². The minimum absolute atomic E-state index is 0.0926. The highest BCUT2D eigenvalue weighted by molar-refractivity contribution is 5.53. The van der Waals surface area contributed by atoms with Crippen LogP contribution in [0.3, 0.4) is 0 Å². The van der Waals surface area contributed by atoms with Crippen LogP contribution in [0.25, 0.3) is 0 Å². The maximum atomic E-state index is 9.17. The Morgan fingerprint density at radius 3 is 2.36 bits per heavy atom. The largest absolute Gasteiger partial charge is 0.503 e. The number of fused-ring (bicyclic) bond motifs is 1. The molecule has 4 unspecified atom stereocenters. The Kier molecular flexibility index (Phi) is 3.64. The Morgan fingerprint density at radius 2 is 1.86 bits per heavy atom. The first-order valence-electron chi connectivity index (χ1n) is 4.07. The van der Waals surface area contributed by atoms with Gasteiger partial charge in [0.1, 0.15) is 12.2 Å². The molecule has 2 saturated heterocycles. The van der Waals surface area contributed by atoms with Crippen LogP contribution in [0, 0.1) is 0 Å². The fourth-order valence-corrected chi connectivity index (χ4v) is 1.48. The molecule has 7 heteroatoms. The Labute approximate surface area is 79.5 Å². The van der Waals surface area contributed by atoms with Gasteiger partial charge in [0, 0.05) is 6.61 Å². The van der Waals surface area contributed by atoms with Crippen LogP contribution >= 0.6 is 0 Å². The zero-order chi connectivity index (χ0) is 10.7. The van der Waals surface area contributed by atoms with Gasteiger partial charge in [0.2, 0.25) is 0 Å². The summed E-state index contributed by atoms with van der Waals surface area (Å²) in [6.45, 7) is 0.624. The Bertz CT molecular complexity index is 200. The van der Waals surface area contributed by atoms with E-state index in [-0.39, 0.29) is 12.2 Å². The maximum Gasteiger partial charge on any atom is 0.503 e. The summed E-state index contributed by atoms with van der Waals surface area (Å²) < 4.78 is 10.1. The molecule has 0 radical (unpaired) electrons. The minimum atomic E-state index is -1.83. The molecular formula is C7H12O7. The Morgan fingerprint density at radius 1 is 1.29 bits per heavy atom. The van der Waals surface area contributed by atoms with Crippen LogP contribution in [0.4, 0.5) is 4.79 Å². The molecule has 2 aliphatic rings. The van der Waals surface area contributed by atoms with Gasteiger partial charge in [0.25, 0.3) is 0 Å². The average Bonchev–Trinajstić information content (AvgIpc) is 2.57. The molecule has 0 aliphatic carbocycles. The van der Waals surface area contributed by atoms with E-state index in [0.29, 0.717) is 6.61 Å². The van der Waals surface area contributed by atoms with Gasteiger partial charge in [0.05, 0.1) is 6.10 Å². The Balaban J connectivity index is 0.000000213. The van der Waals surface area contributed by atoms with Crippen molar-refractivity contribution in [2.24, 2.45) is 0 Å². The molecule has 82 valence electrons. The number of aliphatic hydroxyl groups excluding tert-OH is 2. The van der Waals surface area contributed by atoms with Crippen LogP contribution < -0.4 is 0 Å². The van der Waals surface area contributed by atoms with Crippen LogP contribution in [0.15, 0.2) is 0 Å². The van der Waals surface area contributed by atoms with Crippen molar-refractivity contribution >= 4 is 6.16 Å². The molecule has 14 heavy (non-hydrogen) atoms. The lowest BCUT2D eigenvalue weighted by Crippen LogP contribution is -2.31. The highest BCUT2D eigenvalue weighted by Gasteiger charge is 2.46. The number of hydrogen-bond acceptors (Lipinski definition) is 5. The smallest absolute Gasteiger partial charge is 0.450 e. The fourth-order valence-electron chi connectivity index (χ4n) is 1.48. The number of rotatable bonds is 0. The van der Waals surface area contributed by atoms with Crippen LogP contribution in [-0.4, -0.2) is 57.8 Å². The summed E-state index contributed by atoms with van der Waals surface area (Å²) >= 11 is 0. The second-order valence-corrected chi connectivity index (χ2v) is 2.96. The lowest BCUT2D eigenvalue weighted by molar-refractivity contribution is -0.133. The monoisotopic (exact) mass is 208 g/mol. The zero-order valence-electron chi connectivity index (χ0n) is 7.24. The van der Waals surface area contributed by atoms with E-state index >= 15 is 0 Å². The third-order valence-electron chi connectivity index (χ3n) is 2.02. The van der Waals surface area contributed by atoms with Crippen LogP contribution in [-0.2, 0) is 9.47 Å². The van der Waals surface area contributed by atoms with E-state index in [1.165, 1.54) is 0 Å². The van der Waals surface area contributed by atoms with Crippen molar-refractivity contribution < 1.29 is 34.7 Å². The molecule has 7 nitrogen and oxygen atoms in total. The summed E-state index contributed by atoms with van der Waals surface area (Å²) in [4.78, 5) is 8.56. The van der Waals surface area contributed by atoms with Gasteiger partial charge >= 0.3 is 6.16 Å². The second-order valence-electron chi connectivity index (χ2n) is 2.96. The molecule has 4 N–H and O–H groups in total. The lowest BCUT2D eigenvalue weighted by Gasteiger charge is -2.10. The summed E-state index contributed by atoms with van der Waals surface area (Å²) in [5, 5.41) is 32.1. The summed E-state index contributed by atoms with van der Waals surface area (Å²) in [7, 11) is 0. The number of ether oxygens (including phenoxy) is 2. The van der Waals surface area contributed by atoms with Crippen molar-refractivity contribution in [1.29, 1.82) is 0 Å². The predicted molar refractivity (Wildman–Crippen MR) is 41.9 cm³/mol. The van der Waals surface area contributed by atoms with E-state index in [1.807, 2.05) is 0 Å². The Hall–Kier alpha value is -0.890. The van der Waals surface area contributed by atoms with E-state index in [0.717, 1.165) is 6.42 Å². The van der Waals surface area contributed by atoms with Crippen molar-refractivity contribution in [3.8, 4) is 0 Å². The van der Waals surface area contributed by atoms with Gasteiger partial charge in [-0.2, -0.15) is 0 Å². The fraction of sp³-hybridized carbons (Fsp3) is 0.857. The van der Waals surface area contributed by atoms with Crippen molar-refractivity contribution in [3.63, 3.8) is 0 Å². The van der Waals surface area contributed by atoms with Crippen molar-refractivity contribution in [2.45, 2.75) is 31.0 Å². The lowest BCUT2D eigenvalue weighted by atomic mass is 10.1. The molecule has 4 atom stereocenters. The molecule has 0 bridgehead atoms. The molecule has 2 aliphatic heterocycles. The van der Waals surface area contributed by atoms with Crippen LogP contribution in [0.2, 0.25) is 0 Å². The minimum Gasteiger partial charge on any atom is -0.450 e. The third kappa shape index (κ3) is 2.55. The first-order chi connectivity index (χ1) is 6.52. The molecule has 2 heterocycles. The summed E-state index contributed by atoms with van der Waals surface area (Å²) in [6.07, 6.45) is -3.35. The second kappa shape index (κ2) is 4.56. The van der Waals surface area contributed by atoms with E-state index in [4.69, 9.17) is 34.7 Å². The molecule has 0 spiro atoms. The zero-order valence-corrected chi connectivity index (χ0v) is 7.24. The topological polar surface area (TPSA) is 116 Å². The number of carbonyl (C=O) groups is 1. The molecule has 0 amide bonds. The summed E-state index contributed by atoms with van der Waals surface area (Å²) in [5.41, 5.74) is 0. The van der Waals surface area contributed by atoms with Crippen LogP contribution in [0.1, 0.15) is 6.42 Å². The van der Waals surface area contributed by atoms with Gasteiger partial charge in [-0.3, -0.25) is 0 Å². The van der Waals surface area contributed by atoms with E-state index in [2.05, 4.69) is 0 Å². The summed E-state index contributed by atoms with van der Waals surface area (Å²) in [6, 6.07) is 0. The van der Waals surface area contributed by atoms with Gasteiger partial charge < -0.3 is 29.9 Å². The molecular weight excluding hydrogens is 196 g/mol. The highest BCUT2D eigenvalue weighted by Crippen LogP contribution is 2.29. The maximum absolute atomic E-state index is 9.17. The average molecular weight is 208 g/mol. The SMILES string of the molecule is O=C(O)O.OC1OC2CCOC2C1O. The van der Waals surface area contributed by atoms with Crippen LogP contribution in [0.5, 0.6) is 0 Å². The number of carboxylic acid groups (broad SMARTS) is 2. The first-order valence-corrected chi connectivity index (χ1v) is 4.07. The van der Waals surface area contributed by atoms with Crippen molar-refractivity contribution in [2.75, 3.05) is 6.61 Å². The predicted octanol–water partition coefficient (Wildman–Crippen LogP) is -0.924. The van der Waals surface area contributed by atoms with Gasteiger partial charge in [-0.25, -0.2) is 4.79 Å². The molecule has 0 aromatic carbocycles. The van der Waals surface area contributed by atoms with Crippen molar-refractivity contribution in [3.05, 3.63) is 0 Å². The highest BCUT2D eigenvalue weighted by atomic mass is 16.7. The van der Waals surface area contributed by atoms with Gasteiger partial charge in [-0.05, 0) is 6.42 Å². The molecule has 2 fully saturated rings. The standard InChI is InChI=1S/C6H10O4.CH2O3/c7-4-5-3(1-2-9-5)10-6(4)8;2-1(3)4/h3-8H,1-2H2;(H2,2,3,4). The number of hydrogen-bond donors (Lipinski definition) is 4. The van der Waals surface area contributed by atoms with Gasteiger partial charge in [-0.15, -0.1) is 0 Å². The molecule has 0 saturated carbocycles.